The highest BCUT2D eigenvalue weighted by molar-refractivity contribution is 5.92. The molecule has 2 heterocycles. The van der Waals surface area contributed by atoms with Crippen molar-refractivity contribution in [2.75, 3.05) is 37.0 Å². The lowest BCUT2D eigenvalue weighted by Crippen LogP contribution is -2.33. The number of hydrogen-bond acceptors (Lipinski definition) is 6. The van der Waals surface area contributed by atoms with Crippen molar-refractivity contribution in [3.8, 4) is 0 Å². The molecule has 8 heteroatoms. The summed E-state index contributed by atoms with van der Waals surface area (Å²) >= 11 is 0. The van der Waals surface area contributed by atoms with Gasteiger partial charge >= 0.3 is 5.97 Å². The smallest absolute Gasteiger partial charge is 0.314 e. The first kappa shape index (κ1) is 25.4. The molecule has 3 aromatic rings. The molecule has 8 nitrogen and oxygen atoms in total. The van der Waals surface area contributed by atoms with Crippen LogP contribution >= 0.6 is 0 Å². The number of aliphatic carboxylic acids is 1. The molecule has 0 atom stereocenters. The molecule has 0 radical (unpaired) electrons. The number of aromatic nitrogens is 1. The number of rotatable bonds is 7. The molecule has 0 spiro atoms. The maximum atomic E-state index is 11.9. The molecule has 1 aliphatic heterocycles. The number of carbonyl (C=O) groups excluding carboxylic acids is 1. The van der Waals surface area contributed by atoms with Crippen molar-refractivity contribution in [2.24, 2.45) is 0 Å². The van der Waals surface area contributed by atoms with Crippen LogP contribution in [0.3, 0.4) is 0 Å². The van der Waals surface area contributed by atoms with Crippen LogP contribution in [-0.2, 0) is 19.7 Å². The summed E-state index contributed by atoms with van der Waals surface area (Å²) in [6.45, 7) is 3.50. The Hall–Kier alpha value is -3.65. The van der Waals surface area contributed by atoms with Crippen LogP contribution in [0.25, 0.3) is 0 Å². The molecule has 1 aromatic heterocycles. The molecule has 1 saturated carbocycles. The summed E-state index contributed by atoms with van der Waals surface area (Å²) in [5.41, 5.74) is 2.64. The van der Waals surface area contributed by atoms with Gasteiger partial charge in [0.05, 0.1) is 5.41 Å². The zero-order valence-corrected chi connectivity index (χ0v) is 20.8. The Morgan fingerprint density at radius 2 is 1.67 bits per heavy atom. The molecule has 2 fully saturated rings. The molecule has 190 valence electrons. The number of aryl methyl sites for hydroxylation is 1. The third-order valence-corrected chi connectivity index (χ3v) is 6.91. The van der Waals surface area contributed by atoms with E-state index >= 15 is 0 Å². The van der Waals surface area contributed by atoms with Gasteiger partial charge in [0.2, 0.25) is 5.91 Å². The van der Waals surface area contributed by atoms with Gasteiger partial charge < -0.3 is 24.6 Å². The van der Waals surface area contributed by atoms with Crippen molar-refractivity contribution in [1.29, 1.82) is 0 Å². The standard InChI is InChI=1S/C22H27N3O5.C6H6/c1-14-19(23-18(26)13-29-2)20(30-24-14)15-7-11-25(12-8-15)17-5-3-16(4-6-17)22(9-10-22)21(27)28;1-2-4-6-5-3-1/h3-6,15H,7-13H2,1-2H3,(H,23,26)(H,27,28);1-6H. The summed E-state index contributed by atoms with van der Waals surface area (Å²) in [6.07, 6.45) is 3.19. The first-order valence-electron chi connectivity index (χ1n) is 12.3. The van der Waals surface area contributed by atoms with Crippen molar-refractivity contribution in [1.82, 2.24) is 5.16 Å². The Morgan fingerprint density at radius 1 is 1.08 bits per heavy atom. The van der Waals surface area contributed by atoms with E-state index in [4.69, 9.17) is 9.26 Å². The molecule has 1 amide bonds. The van der Waals surface area contributed by atoms with Crippen LogP contribution in [-0.4, -0.2) is 48.9 Å². The zero-order chi connectivity index (χ0) is 25.5. The number of carbonyl (C=O) groups is 2. The highest BCUT2D eigenvalue weighted by atomic mass is 16.5. The zero-order valence-electron chi connectivity index (χ0n) is 20.8. The fourth-order valence-electron chi connectivity index (χ4n) is 4.65. The number of nitrogens with zero attached hydrogens (tertiary/aromatic N) is 2. The fourth-order valence-corrected chi connectivity index (χ4v) is 4.65. The summed E-state index contributed by atoms with van der Waals surface area (Å²) in [6, 6.07) is 19.9. The van der Waals surface area contributed by atoms with Gasteiger partial charge in [0.1, 0.15) is 18.0 Å². The lowest BCUT2D eigenvalue weighted by atomic mass is 9.92. The number of nitrogens with one attached hydrogen (secondary N) is 1. The minimum absolute atomic E-state index is 0.0122. The van der Waals surface area contributed by atoms with Gasteiger partial charge in [0.15, 0.2) is 5.76 Å². The van der Waals surface area contributed by atoms with Gasteiger partial charge in [-0.1, -0.05) is 53.7 Å². The monoisotopic (exact) mass is 491 g/mol. The molecule has 0 bridgehead atoms. The van der Waals surface area contributed by atoms with E-state index in [1.807, 2.05) is 67.6 Å². The van der Waals surface area contributed by atoms with E-state index in [-0.39, 0.29) is 18.4 Å². The van der Waals surface area contributed by atoms with Gasteiger partial charge in [-0.15, -0.1) is 0 Å². The summed E-state index contributed by atoms with van der Waals surface area (Å²) in [4.78, 5) is 25.7. The second kappa shape index (κ2) is 11.4. The van der Waals surface area contributed by atoms with E-state index in [9.17, 15) is 14.7 Å². The molecule has 2 aliphatic rings. The minimum Gasteiger partial charge on any atom is -0.481 e. The second-order valence-corrected chi connectivity index (χ2v) is 9.34. The van der Waals surface area contributed by atoms with Crippen LogP contribution < -0.4 is 10.2 Å². The Bertz CT molecular complexity index is 1120. The number of ether oxygens (including phenoxy) is 1. The average molecular weight is 492 g/mol. The van der Waals surface area contributed by atoms with E-state index in [1.54, 1.807) is 0 Å². The van der Waals surface area contributed by atoms with E-state index in [1.165, 1.54) is 7.11 Å². The quantitative estimate of drug-likeness (QED) is 0.491. The van der Waals surface area contributed by atoms with E-state index in [0.717, 1.165) is 42.9 Å². The number of benzene rings is 2. The van der Waals surface area contributed by atoms with Gasteiger partial charge in [-0.05, 0) is 50.3 Å². The number of methoxy groups -OCH3 is 1. The lowest BCUT2D eigenvalue weighted by Gasteiger charge is -2.33. The highest BCUT2D eigenvalue weighted by Crippen LogP contribution is 2.48. The number of anilines is 2. The van der Waals surface area contributed by atoms with Gasteiger partial charge in [-0.25, -0.2) is 0 Å². The van der Waals surface area contributed by atoms with Crippen molar-refractivity contribution >= 4 is 23.3 Å². The lowest BCUT2D eigenvalue weighted by molar-refractivity contribution is -0.140. The van der Waals surface area contributed by atoms with E-state index < -0.39 is 11.4 Å². The molecule has 0 unspecified atom stereocenters. The third kappa shape index (κ3) is 5.76. The number of hydrogen-bond donors (Lipinski definition) is 2. The minimum atomic E-state index is -0.730. The van der Waals surface area contributed by atoms with Crippen molar-refractivity contribution in [3.05, 3.63) is 77.7 Å². The van der Waals surface area contributed by atoms with Crippen LogP contribution in [0.5, 0.6) is 0 Å². The Kier molecular flexibility index (Phi) is 8.05. The van der Waals surface area contributed by atoms with Crippen LogP contribution in [0, 0.1) is 6.92 Å². The topological polar surface area (TPSA) is 105 Å². The van der Waals surface area contributed by atoms with Crippen molar-refractivity contribution in [2.45, 2.75) is 43.9 Å². The van der Waals surface area contributed by atoms with Gasteiger partial charge in [0, 0.05) is 31.8 Å². The Balaban J connectivity index is 0.000000445. The maximum Gasteiger partial charge on any atom is 0.314 e. The maximum absolute atomic E-state index is 11.9. The Morgan fingerprint density at radius 3 is 2.17 bits per heavy atom. The molecule has 2 N–H and O–H groups in total. The van der Waals surface area contributed by atoms with Crippen LogP contribution in [0.15, 0.2) is 65.2 Å². The highest BCUT2D eigenvalue weighted by Gasteiger charge is 2.51. The van der Waals surface area contributed by atoms with Crippen LogP contribution in [0.1, 0.15) is 48.6 Å². The number of carboxylic acid groups (broad SMARTS) is 1. The third-order valence-electron chi connectivity index (χ3n) is 6.91. The average Bonchev–Trinajstić information content (AvgIpc) is 3.65. The molecule has 5 rings (SSSR count). The summed E-state index contributed by atoms with van der Waals surface area (Å²) < 4.78 is 10.4. The molecule has 1 saturated heterocycles. The normalized spacial score (nSPS) is 16.6. The van der Waals surface area contributed by atoms with Gasteiger partial charge in [0.25, 0.3) is 0 Å². The number of piperidine rings is 1. The number of amides is 1. The first-order chi connectivity index (χ1) is 17.4. The fraction of sp³-hybridized carbons (Fsp3) is 0.393. The van der Waals surface area contributed by atoms with E-state index in [0.29, 0.717) is 24.2 Å². The van der Waals surface area contributed by atoms with Crippen LogP contribution in [0.4, 0.5) is 11.4 Å². The molecule has 36 heavy (non-hydrogen) atoms. The van der Waals surface area contributed by atoms with E-state index in [2.05, 4.69) is 15.4 Å². The van der Waals surface area contributed by atoms with Crippen LogP contribution in [0.2, 0.25) is 0 Å². The summed E-state index contributed by atoms with van der Waals surface area (Å²) in [5, 5.41) is 16.4. The predicted molar refractivity (Wildman–Crippen MR) is 137 cm³/mol. The second-order valence-electron chi connectivity index (χ2n) is 9.34. The molecular weight excluding hydrogens is 458 g/mol. The SMILES string of the molecule is COCC(=O)Nc1c(C)noc1C1CCN(c2ccc(C3(C(=O)O)CC3)cc2)CC1.c1ccccc1. The first-order valence-corrected chi connectivity index (χ1v) is 12.3. The van der Waals surface area contributed by atoms with Gasteiger partial charge in [-0.3, -0.25) is 9.59 Å². The Labute approximate surface area is 211 Å². The summed E-state index contributed by atoms with van der Waals surface area (Å²) in [5.74, 6) is -0.0467. The molecular formula is C28H33N3O5. The number of carboxylic acids is 1. The molecule has 2 aromatic carbocycles. The summed E-state index contributed by atoms with van der Waals surface area (Å²) in [7, 11) is 1.48. The van der Waals surface area contributed by atoms with Crippen molar-refractivity contribution < 1.29 is 24.0 Å². The van der Waals surface area contributed by atoms with Gasteiger partial charge in [-0.2, -0.15) is 0 Å². The van der Waals surface area contributed by atoms with Crippen molar-refractivity contribution in [3.63, 3.8) is 0 Å². The predicted octanol–water partition coefficient (Wildman–Crippen LogP) is 4.75. The molecule has 1 aliphatic carbocycles. The largest absolute Gasteiger partial charge is 0.481 e.